The molecule has 0 aliphatic heterocycles. The molecule has 142 valence electrons. The number of thiazole rings is 1. The molecule has 0 radical (unpaired) electrons. The fourth-order valence-corrected chi connectivity index (χ4v) is 4.14. The van der Waals surface area contributed by atoms with Gasteiger partial charge in [0.15, 0.2) is 11.0 Å². The summed E-state index contributed by atoms with van der Waals surface area (Å²) in [6.45, 7) is 5.94. The maximum Gasteiger partial charge on any atom is 0.236 e. The Bertz CT molecular complexity index is 903. The van der Waals surface area contributed by atoms with Gasteiger partial charge in [-0.25, -0.2) is 4.98 Å². The predicted octanol–water partition coefficient (Wildman–Crippen LogP) is 4.63. The highest BCUT2D eigenvalue weighted by Gasteiger charge is 2.13. The summed E-state index contributed by atoms with van der Waals surface area (Å²) in [7, 11) is 0. The molecule has 1 N–H and O–H groups in total. The maximum absolute atomic E-state index is 12.2. The molecule has 1 aromatic carbocycles. The lowest BCUT2D eigenvalue weighted by molar-refractivity contribution is -0.113. The molecular formula is C19H22N4O2S2. The third-order valence-corrected chi connectivity index (χ3v) is 5.66. The molecule has 1 amide bonds. The summed E-state index contributed by atoms with van der Waals surface area (Å²) >= 11 is 2.93. The summed E-state index contributed by atoms with van der Waals surface area (Å²) in [4.78, 5) is 22.0. The van der Waals surface area contributed by atoms with Crippen LogP contribution in [0.25, 0.3) is 11.3 Å². The van der Waals surface area contributed by atoms with Crippen molar-refractivity contribution in [2.75, 3.05) is 11.1 Å². The SMILES string of the molecule is CCCc1ccc(-c2nc(NC(=O)CSCc3noc(C)n3)sc2C)cc1. The molecule has 0 aliphatic rings. The van der Waals surface area contributed by atoms with Crippen molar-refractivity contribution in [1.29, 1.82) is 0 Å². The topological polar surface area (TPSA) is 80.9 Å². The van der Waals surface area contributed by atoms with E-state index < -0.39 is 0 Å². The van der Waals surface area contributed by atoms with Gasteiger partial charge in [-0.1, -0.05) is 42.8 Å². The van der Waals surface area contributed by atoms with Crippen molar-refractivity contribution in [3.05, 3.63) is 46.4 Å². The number of rotatable bonds is 8. The first-order chi connectivity index (χ1) is 13.0. The monoisotopic (exact) mass is 402 g/mol. The number of hydrogen-bond donors (Lipinski definition) is 1. The van der Waals surface area contributed by atoms with E-state index in [0.29, 0.717) is 28.4 Å². The van der Waals surface area contributed by atoms with Crippen LogP contribution in [-0.2, 0) is 17.0 Å². The first-order valence-electron chi connectivity index (χ1n) is 8.78. The average molecular weight is 403 g/mol. The first kappa shape index (κ1) is 19.6. The van der Waals surface area contributed by atoms with E-state index in [0.717, 1.165) is 29.0 Å². The van der Waals surface area contributed by atoms with Crippen molar-refractivity contribution in [2.45, 2.75) is 39.4 Å². The summed E-state index contributed by atoms with van der Waals surface area (Å²) in [5.74, 6) is 1.90. The van der Waals surface area contributed by atoms with Crippen LogP contribution >= 0.6 is 23.1 Å². The highest BCUT2D eigenvalue weighted by Crippen LogP contribution is 2.30. The van der Waals surface area contributed by atoms with Crippen molar-refractivity contribution in [2.24, 2.45) is 0 Å². The molecule has 27 heavy (non-hydrogen) atoms. The fraction of sp³-hybridized carbons (Fsp3) is 0.368. The molecule has 0 aliphatic carbocycles. The number of aromatic nitrogens is 3. The molecule has 8 heteroatoms. The summed E-state index contributed by atoms with van der Waals surface area (Å²) in [5, 5.41) is 7.32. The lowest BCUT2D eigenvalue weighted by Gasteiger charge is -2.02. The zero-order valence-corrected chi connectivity index (χ0v) is 17.2. The number of benzene rings is 1. The second kappa shape index (κ2) is 9.14. The number of nitrogens with zero attached hydrogens (tertiary/aromatic N) is 3. The van der Waals surface area contributed by atoms with Gasteiger partial charge in [0.05, 0.1) is 17.2 Å². The van der Waals surface area contributed by atoms with Crippen LogP contribution in [0.5, 0.6) is 0 Å². The van der Waals surface area contributed by atoms with Gasteiger partial charge in [0.25, 0.3) is 0 Å². The highest BCUT2D eigenvalue weighted by molar-refractivity contribution is 7.99. The molecule has 2 heterocycles. The largest absolute Gasteiger partial charge is 0.340 e. The van der Waals surface area contributed by atoms with Crippen molar-refractivity contribution >= 4 is 34.1 Å². The average Bonchev–Trinajstić information content (AvgIpc) is 3.21. The van der Waals surface area contributed by atoms with Crippen molar-refractivity contribution in [3.8, 4) is 11.3 Å². The molecule has 0 saturated heterocycles. The van der Waals surface area contributed by atoms with Gasteiger partial charge in [0, 0.05) is 17.4 Å². The second-order valence-corrected chi connectivity index (χ2v) is 8.33. The number of carbonyl (C=O) groups is 1. The van der Waals surface area contributed by atoms with Gasteiger partial charge in [-0.15, -0.1) is 23.1 Å². The molecule has 0 atom stereocenters. The number of amides is 1. The van der Waals surface area contributed by atoms with Crippen molar-refractivity contribution in [1.82, 2.24) is 15.1 Å². The van der Waals surface area contributed by atoms with Gasteiger partial charge in [0.2, 0.25) is 11.8 Å². The highest BCUT2D eigenvalue weighted by atomic mass is 32.2. The number of nitrogens with one attached hydrogen (secondary N) is 1. The number of anilines is 1. The Morgan fingerprint density at radius 2 is 2.00 bits per heavy atom. The normalized spacial score (nSPS) is 10.9. The summed E-state index contributed by atoms with van der Waals surface area (Å²) in [6, 6.07) is 8.49. The van der Waals surface area contributed by atoms with Crippen LogP contribution in [0.15, 0.2) is 28.8 Å². The van der Waals surface area contributed by atoms with Crippen LogP contribution in [0.4, 0.5) is 5.13 Å². The first-order valence-corrected chi connectivity index (χ1v) is 10.8. The van der Waals surface area contributed by atoms with Crippen molar-refractivity contribution < 1.29 is 9.32 Å². The molecule has 0 bridgehead atoms. The maximum atomic E-state index is 12.2. The van der Waals surface area contributed by atoms with E-state index >= 15 is 0 Å². The Hall–Kier alpha value is -2.19. The van der Waals surface area contributed by atoms with Crippen LogP contribution < -0.4 is 5.32 Å². The Kier molecular flexibility index (Phi) is 6.63. The van der Waals surface area contributed by atoms with Gasteiger partial charge >= 0.3 is 0 Å². The molecule has 0 spiro atoms. The minimum atomic E-state index is -0.0844. The predicted molar refractivity (Wildman–Crippen MR) is 110 cm³/mol. The Labute approximate surface area is 166 Å². The fourth-order valence-electron chi connectivity index (χ4n) is 2.63. The zero-order valence-electron chi connectivity index (χ0n) is 15.6. The number of thioether (sulfide) groups is 1. The minimum absolute atomic E-state index is 0.0844. The number of aryl methyl sites for hydroxylation is 3. The second-order valence-electron chi connectivity index (χ2n) is 6.14. The van der Waals surface area contributed by atoms with Gasteiger partial charge in [-0.3, -0.25) is 4.79 Å². The molecule has 3 rings (SSSR count). The molecule has 2 aromatic heterocycles. The van der Waals surface area contributed by atoms with E-state index in [4.69, 9.17) is 4.52 Å². The molecular weight excluding hydrogens is 380 g/mol. The quantitative estimate of drug-likeness (QED) is 0.591. The zero-order chi connectivity index (χ0) is 19.2. The van der Waals surface area contributed by atoms with E-state index in [2.05, 4.69) is 51.6 Å². The van der Waals surface area contributed by atoms with Crippen LogP contribution in [0.3, 0.4) is 0 Å². The third-order valence-electron chi connectivity index (χ3n) is 3.84. The van der Waals surface area contributed by atoms with Crippen LogP contribution in [-0.4, -0.2) is 26.8 Å². The molecule has 0 unspecified atom stereocenters. The van der Waals surface area contributed by atoms with E-state index in [1.165, 1.54) is 28.7 Å². The van der Waals surface area contributed by atoms with Crippen LogP contribution in [0.2, 0.25) is 0 Å². The van der Waals surface area contributed by atoms with Gasteiger partial charge < -0.3 is 9.84 Å². The molecule has 0 saturated carbocycles. The molecule has 0 fully saturated rings. The third kappa shape index (κ3) is 5.40. The lowest BCUT2D eigenvalue weighted by Crippen LogP contribution is -2.14. The minimum Gasteiger partial charge on any atom is -0.340 e. The lowest BCUT2D eigenvalue weighted by atomic mass is 10.1. The smallest absolute Gasteiger partial charge is 0.236 e. The van der Waals surface area contributed by atoms with Gasteiger partial charge in [0.1, 0.15) is 0 Å². The van der Waals surface area contributed by atoms with Gasteiger partial charge in [-0.05, 0) is 18.9 Å². The van der Waals surface area contributed by atoms with Gasteiger partial charge in [-0.2, -0.15) is 4.98 Å². The van der Waals surface area contributed by atoms with E-state index in [-0.39, 0.29) is 5.91 Å². The van der Waals surface area contributed by atoms with Crippen molar-refractivity contribution in [3.63, 3.8) is 0 Å². The van der Waals surface area contributed by atoms with Crippen LogP contribution in [0, 0.1) is 13.8 Å². The van der Waals surface area contributed by atoms with E-state index in [1.54, 1.807) is 6.92 Å². The number of hydrogen-bond acceptors (Lipinski definition) is 7. The molecule has 6 nitrogen and oxygen atoms in total. The summed E-state index contributed by atoms with van der Waals surface area (Å²) < 4.78 is 4.91. The standard InChI is InChI=1S/C19H22N4O2S2/c1-4-5-14-6-8-15(9-7-14)18-12(2)27-19(22-18)21-17(24)11-26-10-16-20-13(3)25-23-16/h6-9H,4-5,10-11H2,1-3H3,(H,21,22,24). The Morgan fingerprint density at radius 3 is 2.67 bits per heavy atom. The summed E-state index contributed by atoms with van der Waals surface area (Å²) in [5.41, 5.74) is 3.33. The Morgan fingerprint density at radius 1 is 1.22 bits per heavy atom. The van der Waals surface area contributed by atoms with Crippen LogP contribution in [0.1, 0.15) is 35.5 Å². The summed E-state index contributed by atoms with van der Waals surface area (Å²) in [6.07, 6.45) is 2.22. The molecule has 3 aromatic rings. The van der Waals surface area contributed by atoms with E-state index in [9.17, 15) is 4.79 Å². The number of carbonyl (C=O) groups excluding carboxylic acids is 1. The Balaban J connectivity index is 1.56. The van der Waals surface area contributed by atoms with E-state index in [1.807, 2.05) is 6.92 Å².